The van der Waals surface area contributed by atoms with Crippen molar-refractivity contribution in [3.8, 4) is 0 Å². The summed E-state index contributed by atoms with van der Waals surface area (Å²) in [7, 11) is 0. The number of hydrogen-bond donors (Lipinski definition) is 1. The predicted molar refractivity (Wildman–Crippen MR) is 67.6 cm³/mol. The third-order valence-electron chi connectivity index (χ3n) is 2.59. The summed E-state index contributed by atoms with van der Waals surface area (Å²) < 4.78 is 37.5. The van der Waals surface area contributed by atoms with Gasteiger partial charge in [0.25, 0.3) is 0 Å². The second-order valence-electron chi connectivity index (χ2n) is 4.65. The molecule has 1 aromatic heterocycles. The Balaban J connectivity index is 2.76. The van der Waals surface area contributed by atoms with Gasteiger partial charge in [0.1, 0.15) is 0 Å². The molecule has 0 aromatic carbocycles. The molecule has 18 heavy (non-hydrogen) atoms. The van der Waals surface area contributed by atoms with Gasteiger partial charge in [-0.2, -0.15) is 13.2 Å². The van der Waals surface area contributed by atoms with Crippen molar-refractivity contribution in [2.45, 2.75) is 45.8 Å². The molecule has 104 valence electrons. The Morgan fingerprint density at radius 1 is 1.33 bits per heavy atom. The second-order valence-corrected chi connectivity index (χ2v) is 5.71. The van der Waals surface area contributed by atoms with Gasteiger partial charge in [0, 0.05) is 17.1 Å². The van der Waals surface area contributed by atoms with Crippen molar-refractivity contribution in [1.29, 1.82) is 0 Å². The smallest absolute Gasteiger partial charge is 0.309 e. The molecule has 6 heteroatoms. The zero-order chi connectivity index (χ0) is 13.8. The van der Waals surface area contributed by atoms with Crippen molar-refractivity contribution in [1.82, 2.24) is 10.3 Å². The van der Waals surface area contributed by atoms with Gasteiger partial charge in [-0.25, -0.2) is 4.98 Å². The van der Waals surface area contributed by atoms with Crippen LogP contribution < -0.4 is 5.32 Å². The van der Waals surface area contributed by atoms with Crippen molar-refractivity contribution in [3.63, 3.8) is 0 Å². The first-order chi connectivity index (χ1) is 8.34. The first-order valence-electron chi connectivity index (χ1n) is 6.10. The lowest BCUT2D eigenvalue weighted by atomic mass is 10.0. The molecule has 0 fully saturated rings. The van der Waals surface area contributed by atoms with Crippen LogP contribution in [-0.2, 0) is 6.18 Å². The first kappa shape index (κ1) is 15.4. The van der Waals surface area contributed by atoms with Gasteiger partial charge in [0.15, 0.2) is 5.01 Å². The van der Waals surface area contributed by atoms with Gasteiger partial charge in [0.2, 0.25) is 0 Å². The molecule has 0 aliphatic heterocycles. The summed E-state index contributed by atoms with van der Waals surface area (Å²) in [6.45, 7) is 6.91. The van der Waals surface area contributed by atoms with Gasteiger partial charge in [-0.05, 0) is 25.3 Å². The Morgan fingerprint density at radius 2 is 2.00 bits per heavy atom. The van der Waals surface area contributed by atoms with Crippen LogP contribution in [0.3, 0.4) is 0 Å². The highest BCUT2D eigenvalue weighted by Gasteiger charge is 2.35. The van der Waals surface area contributed by atoms with Gasteiger partial charge in [0.05, 0.1) is 0 Å². The average Bonchev–Trinajstić information content (AvgIpc) is 2.72. The third kappa shape index (κ3) is 4.57. The first-order valence-corrected chi connectivity index (χ1v) is 6.92. The van der Waals surface area contributed by atoms with Crippen LogP contribution in [0.5, 0.6) is 0 Å². The van der Waals surface area contributed by atoms with E-state index in [0.717, 1.165) is 30.7 Å². The molecule has 1 rings (SSSR count). The molecule has 1 N–H and O–H groups in total. The van der Waals surface area contributed by atoms with Crippen molar-refractivity contribution < 1.29 is 13.2 Å². The van der Waals surface area contributed by atoms with E-state index < -0.39 is 11.2 Å². The van der Waals surface area contributed by atoms with E-state index in [1.54, 1.807) is 0 Å². The van der Waals surface area contributed by atoms with Gasteiger partial charge < -0.3 is 5.32 Å². The predicted octanol–water partition coefficient (Wildman–Crippen LogP) is 4.25. The van der Waals surface area contributed by atoms with Crippen LogP contribution in [-0.4, -0.2) is 11.5 Å². The van der Waals surface area contributed by atoms with E-state index in [2.05, 4.69) is 24.1 Å². The lowest BCUT2D eigenvalue weighted by Crippen LogP contribution is -2.20. The summed E-state index contributed by atoms with van der Waals surface area (Å²) in [4.78, 5) is 4.14. The molecule has 2 nitrogen and oxygen atoms in total. The minimum absolute atomic E-state index is 0.0222. The van der Waals surface area contributed by atoms with Gasteiger partial charge >= 0.3 is 6.18 Å². The van der Waals surface area contributed by atoms with Crippen LogP contribution >= 0.6 is 11.3 Å². The lowest BCUT2D eigenvalue weighted by molar-refractivity contribution is -0.137. The highest BCUT2D eigenvalue weighted by atomic mass is 32.1. The quantitative estimate of drug-likeness (QED) is 0.842. The van der Waals surface area contributed by atoms with Crippen LogP contribution in [0, 0.1) is 5.92 Å². The SMILES string of the molecule is CCNC(CCC(C)C)c1cnc(C(F)(F)F)s1. The summed E-state index contributed by atoms with van der Waals surface area (Å²) in [6.07, 6.45) is -1.17. The maximum atomic E-state index is 12.5. The fourth-order valence-corrected chi connectivity index (χ4v) is 2.56. The Kier molecular flexibility index (Phi) is 5.59. The molecule has 0 aliphatic rings. The van der Waals surface area contributed by atoms with Gasteiger partial charge in [-0.3, -0.25) is 0 Å². The summed E-state index contributed by atoms with van der Waals surface area (Å²) >= 11 is 0.741. The number of rotatable bonds is 6. The molecule has 0 aliphatic carbocycles. The number of nitrogens with one attached hydrogen (secondary N) is 1. The number of aromatic nitrogens is 1. The molecular formula is C12H19F3N2S. The minimum Gasteiger partial charge on any atom is -0.309 e. The zero-order valence-corrected chi connectivity index (χ0v) is 11.7. The van der Waals surface area contributed by atoms with E-state index in [1.165, 1.54) is 6.20 Å². The van der Waals surface area contributed by atoms with E-state index in [4.69, 9.17) is 0 Å². The van der Waals surface area contributed by atoms with Gasteiger partial charge in [-0.15, -0.1) is 11.3 Å². The molecule has 0 amide bonds. The Bertz CT molecular complexity index is 360. The Labute approximate surface area is 110 Å². The standard InChI is InChI=1S/C12H19F3N2S/c1-4-16-9(6-5-8(2)3)10-7-17-11(18-10)12(13,14)15/h7-9,16H,4-6H2,1-3H3. The van der Waals surface area contributed by atoms with E-state index in [9.17, 15) is 13.2 Å². The maximum absolute atomic E-state index is 12.5. The monoisotopic (exact) mass is 280 g/mol. The number of halogens is 3. The minimum atomic E-state index is -4.34. The van der Waals surface area contributed by atoms with Crippen LogP contribution in [0.4, 0.5) is 13.2 Å². The van der Waals surface area contributed by atoms with Crippen LogP contribution in [0.1, 0.15) is 49.5 Å². The Morgan fingerprint density at radius 3 is 2.44 bits per heavy atom. The summed E-state index contributed by atoms with van der Waals surface area (Å²) in [5.74, 6) is 0.543. The van der Waals surface area contributed by atoms with Crippen LogP contribution in [0.15, 0.2) is 6.20 Å². The normalized spacial score (nSPS) is 14.2. The molecule has 0 bridgehead atoms. The molecule has 0 radical (unpaired) electrons. The topological polar surface area (TPSA) is 24.9 Å². The number of nitrogens with zero attached hydrogens (tertiary/aromatic N) is 1. The second kappa shape index (κ2) is 6.52. The van der Waals surface area contributed by atoms with E-state index >= 15 is 0 Å². The fourth-order valence-electron chi connectivity index (χ4n) is 1.67. The Hall–Kier alpha value is -0.620. The van der Waals surface area contributed by atoms with Crippen molar-refractivity contribution in [2.24, 2.45) is 5.92 Å². The molecular weight excluding hydrogens is 261 g/mol. The molecule has 0 spiro atoms. The maximum Gasteiger partial charge on any atom is 0.443 e. The molecule has 1 unspecified atom stereocenters. The molecule has 1 heterocycles. The lowest BCUT2D eigenvalue weighted by Gasteiger charge is -2.17. The van der Waals surface area contributed by atoms with E-state index in [-0.39, 0.29) is 6.04 Å². The molecule has 0 saturated carbocycles. The van der Waals surface area contributed by atoms with Gasteiger partial charge in [-0.1, -0.05) is 20.8 Å². The summed E-state index contributed by atoms with van der Waals surface area (Å²) in [5.41, 5.74) is 0. The molecule has 1 atom stereocenters. The molecule has 1 aromatic rings. The summed E-state index contributed by atoms with van der Waals surface area (Å²) in [5, 5.41) is 2.46. The average molecular weight is 280 g/mol. The largest absolute Gasteiger partial charge is 0.443 e. The van der Waals surface area contributed by atoms with Crippen molar-refractivity contribution in [2.75, 3.05) is 6.54 Å². The van der Waals surface area contributed by atoms with Crippen LogP contribution in [0.25, 0.3) is 0 Å². The fraction of sp³-hybridized carbons (Fsp3) is 0.750. The summed E-state index contributed by atoms with van der Waals surface area (Å²) in [6, 6.07) is -0.0222. The zero-order valence-electron chi connectivity index (χ0n) is 10.8. The van der Waals surface area contributed by atoms with E-state index in [1.807, 2.05) is 6.92 Å². The number of hydrogen-bond acceptors (Lipinski definition) is 3. The van der Waals surface area contributed by atoms with E-state index in [0.29, 0.717) is 10.8 Å². The molecule has 0 saturated heterocycles. The third-order valence-corrected chi connectivity index (χ3v) is 3.75. The number of thiazole rings is 1. The van der Waals surface area contributed by atoms with Crippen molar-refractivity contribution in [3.05, 3.63) is 16.1 Å². The van der Waals surface area contributed by atoms with Crippen molar-refractivity contribution >= 4 is 11.3 Å². The number of alkyl halides is 3. The highest BCUT2D eigenvalue weighted by Crippen LogP contribution is 2.35. The highest BCUT2D eigenvalue weighted by molar-refractivity contribution is 7.11. The van der Waals surface area contributed by atoms with Crippen LogP contribution in [0.2, 0.25) is 0 Å².